The van der Waals surface area contributed by atoms with Gasteiger partial charge in [-0.2, -0.15) is 5.26 Å². The van der Waals surface area contributed by atoms with Crippen LogP contribution in [0.2, 0.25) is 0 Å². The number of pyridine rings is 1. The summed E-state index contributed by atoms with van der Waals surface area (Å²) in [4.78, 5) is 28.4. The minimum atomic E-state index is -0.685. The van der Waals surface area contributed by atoms with E-state index in [1.807, 2.05) is 6.07 Å². The Morgan fingerprint density at radius 3 is 2.38 bits per heavy atom. The third-order valence-corrected chi connectivity index (χ3v) is 3.27. The number of benzene rings is 1. The van der Waals surface area contributed by atoms with E-state index in [4.69, 9.17) is 14.2 Å². The van der Waals surface area contributed by atoms with E-state index >= 15 is 0 Å². The highest BCUT2D eigenvalue weighted by atomic mass is 16.5. The second-order valence-electron chi connectivity index (χ2n) is 4.65. The minimum Gasteiger partial charge on any atom is -0.497 e. The first kappa shape index (κ1) is 17.2. The summed E-state index contributed by atoms with van der Waals surface area (Å²) in [6.45, 7) is 3.64. The number of nitrogens with zero attached hydrogens (tertiary/aromatic N) is 2. The zero-order valence-electron chi connectivity index (χ0n) is 13.6. The fourth-order valence-corrected chi connectivity index (χ4v) is 2.27. The van der Waals surface area contributed by atoms with Crippen LogP contribution in [0.15, 0.2) is 18.2 Å². The predicted octanol–water partition coefficient (Wildman–Crippen LogP) is 2.47. The van der Waals surface area contributed by atoms with E-state index in [9.17, 15) is 14.9 Å². The van der Waals surface area contributed by atoms with Crippen LogP contribution in [-0.4, -0.2) is 37.2 Å². The first-order chi connectivity index (χ1) is 11.6. The van der Waals surface area contributed by atoms with E-state index in [1.54, 1.807) is 32.0 Å². The lowest BCUT2D eigenvalue weighted by Gasteiger charge is -2.12. The Balaban J connectivity index is 2.85. The summed E-state index contributed by atoms with van der Waals surface area (Å²) >= 11 is 0. The topological polar surface area (TPSA) is 98.5 Å². The number of hydrogen-bond acceptors (Lipinski definition) is 7. The van der Waals surface area contributed by atoms with E-state index in [0.29, 0.717) is 16.5 Å². The molecule has 0 amide bonds. The van der Waals surface area contributed by atoms with Gasteiger partial charge in [0.2, 0.25) is 0 Å². The number of hydrogen-bond donors (Lipinski definition) is 0. The van der Waals surface area contributed by atoms with Gasteiger partial charge in [0.1, 0.15) is 17.4 Å². The number of esters is 2. The second-order valence-corrected chi connectivity index (χ2v) is 4.65. The molecule has 2 rings (SSSR count). The number of carbonyl (C=O) groups is 2. The molecule has 0 aliphatic rings. The Kier molecular flexibility index (Phi) is 5.32. The SMILES string of the molecule is CCOC(=O)c1nc(C#N)c(C(=O)OCC)c2cc(OC)ccc12. The van der Waals surface area contributed by atoms with Crippen LogP contribution in [-0.2, 0) is 9.47 Å². The summed E-state index contributed by atoms with van der Waals surface area (Å²) in [5, 5.41) is 10.1. The largest absolute Gasteiger partial charge is 0.497 e. The molecule has 0 bridgehead atoms. The van der Waals surface area contributed by atoms with Gasteiger partial charge in [-0.1, -0.05) is 0 Å². The zero-order chi connectivity index (χ0) is 17.7. The van der Waals surface area contributed by atoms with E-state index in [1.165, 1.54) is 7.11 Å². The molecule has 1 aromatic carbocycles. The van der Waals surface area contributed by atoms with E-state index in [2.05, 4.69) is 4.98 Å². The van der Waals surface area contributed by atoms with Gasteiger partial charge >= 0.3 is 11.9 Å². The molecule has 0 aliphatic carbocycles. The van der Waals surface area contributed by atoms with Gasteiger partial charge in [-0.25, -0.2) is 14.6 Å². The van der Waals surface area contributed by atoms with Crippen LogP contribution < -0.4 is 4.74 Å². The molecule has 7 nitrogen and oxygen atoms in total. The average molecular weight is 328 g/mol. The van der Waals surface area contributed by atoms with Gasteiger partial charge in [0, 0.05) is 10.8 Å². The molecule has 1 heterocycles. The summed E-state index contributed by atoms with van der Waals surface area (Å²) in [5.74, 6) is -0.882. The number of nitriles is 1. The molecular formula is C17H16N2O5. The van der Waals surface area contributed by atoms with Crippen molar-refractivity contribution in [1.29, 1.82) is 5.26 Å². The van der Waals surface area contributed by atoms with Gasteiger partial charge in [0.05, 0.1) is 20.3 Å². The van der Waals surface area contributed by atoms with E-state index in [-0.39, 0.29) is 30.2 Å². The number of ether oxygens (including phenoxy) is 3. The highest BCUT2D eigenvalue weighted by molar-refractivity contribution is 6.12. The maximum Gasteiger partial charge on any atom is 0.357 e. The molecule has 0 unspecified atom stereocenters. The molecule has 7 heteroatoms. The summed E-state index contributed by atoms with van der Waals surface area (Å²) in [5.41, 5.74) is -0.224. The van der Waals surface area contributed by atoms with Crippen LogP contribution in [0.3, 0.4) is 0 Å². The monoisotopic (exact) mass is 328 g/mol. The molecule has 0 saturated heterocycles. The van der Waals surface area contributed by atoms with Crippen molar-refractivity contribution < 1.29 is 23.8 Å². The molecular weight excluding hydrogens is 312 g/mol. The molecule has 0 spiro atoms. The third-order valence-electron chi connectivity index (χ3n) is 3.27. The van der Waals surface area contributed by atoms with Gasteiger partial charge < -0.3 is 14.2 Å². The van der Waals surface area contributed by atoms with Crippen molar-refractivity contribution in [2.45, 2.75) is 13.8 Å². The molecule has 2 aromatic rings. The van der Waals surface area contributed by atoms with Crippen molar-refractivity contribution in [2.24, 2.45) is 0 Å². The number of fused-ring (bicyclic) bond motifs is 1. The van der Waals surface area contributed by atoms with Crippen LogP contribution in [0.5, 0.6) is 5.75 Å². The highest BCUT2D eigenvalue weighted by Gasteiger charge is 2.24. The molecule has 0 aliphatic heterocycles. The Morgan fingerprint density at radius 1 is 1.12 bits per heavy atom. The van der Waals surface area contributed by atoms with Crippen molar-refractivity contribution in [2.75, 3.05) is 20.3 Å². The minimum absolute atomic E-state index is 0.00120. The van der Waals surface area contributed by atoms with E-state index in [0.717, 1.165) is 0 Å². The van der Waals surface area contributed by atoms with Gasteiger partial charge in [0.25, 0.3) is 0 Å². The Bertz CT molecular complexity index is 839. The van der Waals surface area contributed by atoms with Crippen molar-refractivity contribution >= 4 is 22.7 Å². The first-order valence-corrected chi connectivity index (χ1v) is 7.33. The molecule has 0 fully saturated rings. The summed E-state index contributed by atoms with van der Waals surface area (Å²) in [6, 6.07) is 6.63. The van der Waals surface area contributed by atoms with E-state index < -0.39 is 11.9 Å². The smallest absolute Gasteiger partial charge is 0.357 e. The van der Waals surface area contributed by atoms with Crippen molar-refractivity contribution in [1.82, 2.24) is 4.98 Å². The van der Waals surface area contributed by atoms with Gasteiger partial charge in [-0.3, -0.25) is 0 Å². The summed E-state index contributed by atoms with van der Waals surface area (Å²) in [6.07, 6.45) is 0. The van der Waals surface area contributed by atoms with Crippen LogP contribution in [0, 0.1) is 11.3 Å². The standard InChI is InChI=1S/C17H16N2O5/c1-4-23-16(20)14-12-8-10(22-3)6-7-11(12)15(17(21)24-5-2)19-13(14)9-18/h6-8H,4-5H2,1-3H3. The predicted molar refractivity (Wildman–Crippen MR) is 84.9 cm³/mol. The van der Waals surface area contributed by atoms with Crippen molar-refractivity contribution in [3.8, 4) is 11.8 Å². The molecule has 124 valence electrons. The van der Waals surface area contributed by atoms with Crippen molar-refractivity contribution in [3.05, 3.63) is 35.2 Å². The van der Waals surface area contributed by atoms with Gasteiger partial charge in [-0.15, -0.1) is 0 Å². The lowest BCUT2D eigenvalue weighted by molar-refractivity contribution is 0.0509. The van der Waals surface area contributed by atoms with Crippen LogP contribution in [0.1, 0.15) is 40.4 Å². The highest BCUT2D eigenvalue weighted by Crippen LogP contribution is 2.29. The molecule has 24 heavy (non-hydrogen) atoms. The number of carbonyl (C=O) groups excluding carboxylic acids is 2. The Labute approximate surface area is 138 Å². The van der Waals surface area contributed by atoms with Crippen LogP contribution >= 0.6 is 0 Å². The Hall–Kier alpha value is -3.14. The number of aromatic nitrogens is 1. The van der Waals surface area contributed by atoms with Gasteiger partial charge in [0.15, 0.2) is 11.4 Å². The molecule has 0 N–H and O–H groups in total. The third kappa shape index (κ3) is 3.13. The second kappa shape index (κ2) is 7.42. The maximum absolute atomic E-state index is 12.3. The zero-order valence-corrected chi connectivity index (χ0v) is 13.6. The van der Waals surface area contributed by atoms with Gasteiger partial charge in [-0.05, 0) is 32.0 Å². The quantitative estimate of drug-likeness (QED) is 0.777. The first-order valence-electron chi connectivity index (χ1n) is 7.33. The molecule has 1 aromatic heterocycles. The molecule has 0 atom stereocenters. The van der Waals surface area contributed by atoms with Crippen LogP contribution in [0.4, 0.5) is 0 Å². The lowest BCUT2D eigenvalue weighted by Crippen LogP contribution is -2.14. The molecule has 0 saturated carbocycles. The normalized spacial score (nSPS) is 10.1. The average Bonchev–Trinajstić information content (AvgIpc) is 2.59. The lowest BCUT2D eigenvalue weighted by atomic mass is 10.0. The van der Waals surface area contributed by atoms with Crippen LogP contribution in [0.25, 0.3) is 10.8 Å². The number of rotatable bonds is 5. The Morgan fingerprint density at radius 2 is 1.79 bits per heavy atom. The van der Waals surface area contributed by atoms with Crippen molar-refractivity contribution in [3.63, 3.8) is 0 Å². The maximum atomic E-state index is 12.3. The fourth-order valence-electron chi connectivity index (χ4n) is 2.27. The number of methoxy groups -OCH3 is 1. The molecule has 0 radical (unpaired) electrons. The fraction of sp³-hybridized carbons (Fsp3) is 0.294. The summed E-state index contributed by atoms with van der Waals surface area (Å²) in [7, 11) is 1.48. The summed E-state index contributed by atoms with van der Waals surface area (Å²) < 4.78 is 15.2.